The van der Waals surface area contributed by atoms with Gasteiger partial charge in [-0.2, -0.15) is 0 Å². The Morgan fingerprint density at radius 2 is 2.19 bits per heavy atom. The average molecular weight is 295 g/mol. The van der Waals surface area contributed by atoms with Crippen LogP contribution in [0, 0.1) is 0 Å². The molecule has 1 aliphatic rings. The summed E-state index contributed by atoms with van der Waals surface area (Å²) in [5, 5.41) is 8.79. The van der Waals surface area contributed by atoms with Gasteiger partial charge in [0.1, 0.15) is 17.5 Å². The van der Waals surface area contributed by atoms with E-state index in [0.29, 0.717) is 12.4 Å². The minimum Gasteiger partial charge on any atom is -0.394 e. The summed E-state index contributed by atoms with van der Waals surface area (Å²) in [5.41, 5.74) is 2.61. The van der Waals surface area contributed by atoms with Crippen molar-refractivity contribution in [2.45, 2.75) is 38.7 Å². The Balaban J connectivity index is 2.00. The van der Waals surface area contributed by atoms with E-state index in [9.17, 15) is 0 Å². The first-order chi connectivity index (χ1) is 10.3. The molecule has 21 heavy (non-hydrogen) atoms. The quantitative estimate of drug-likeness (QED) is 0.503. The molecule has 7 heteroatoms. The lowest BCUT2D eigenvalue weighted by molar-refractivity contribution is 0.0158. The Labute approximate surface area is 125 Å². The molecule has 7 nitrogen and oxygen atoms in total. The van der Waals surface area contributed by atoms with E-state index in [4.69, 9.17) is 15.7 Å². The van der Waals surface area contributed by atoms with Crippen LogP contribution in [0.3, 0.4) is 0 Å². The Hall–Kier alpha value is -1.44. The largest absolute Gasteiger partial charge is 0.394 e. The molecule has 0 atom stereocenters. The summed E-state index contributed by atoms with van der Waals surface area (Å²) in [7, 11) is 0. The molecule has 0 aromatic carbocycles. The van der Waals surface area contributed by atoms with Gasteiger partial charge in [-0.3, -0.25) is 0 Å². The summed E-state index contributed by atoms with van der Waals surface area (Å²) in [4.78, 5) is 11.2. The molecule has 0 spiro atoms. The Kier molecular flexibility index (Phi) is 6.16. The zero-order valence-corrected chi connectivity index (χ0v) is 12.6. The maximum absolute atomic E-state index is 8.79. The lowest BCUT2D eigenvalue weighted by Crippen LogP contribution is -2.38. The summed E-state index contributed by atoms with van der Waals surface area (Å²) in [6.45, 7) is 4.39. The topological polar surface area (TPSA) is 96.5 Å². The fourth-order valence-corrected chi connectivity index (χ4v) is 2.53. The molecule has 0 unspecified atom stereocenters. The summed E-state index contributed by atoms with van der Waals surface area (Å²) in [6, 6.07) is 1.88. The minimum atomic E-state index is 0.0814. The third kappa shape index (κ3) is 4.52. The van der Waals surface area contributed by atoms with Gasteiger partial charge in [-0.05, 0) is 19.3 Å². The maximum Gasteiger partial charge on any atom is 0.145 e. The first-order valence-electron chi connectivity index (χ1n) is 7.58. The number of aryl methyl sites for hydroxylation is 1. The lowest BCUT2D eigenvalue weighted by Gasteiger charge is -2.32. The molecule has 0 aliphatic carbocycles. The third-order valence-corrected chi connectivity index (χ3v) is 3.59. The molecule has 0 amide bonds. The number of nitrogens with one attached hydrogen (secondary N) is 1. The fourth-order valence-electron chi connectivity index (χ4n) is 2.53. The van der Waals surface area contributed by atoms with Crippen molar-refractivity contribution >= 4 is 11.6 Å². The van der Waals surface area contributed by atoms with Gasteiger partial charge in [0.15, 0.2) is 0 Å². The Morgan fingerprint density at radius 1 is 1.43 bits per heavy atom. The van der Waals surface area contributed by atoms with E-state index in [1.54, 1.807) is 0 Å². The van der Waals surface area contributed by atoms with Gasteiger partial charge in [-0.1, -0.05) is 6.92 Å². The van der Waals surface area contributed by atoms with E-state index in [1.165, 1.54) is 0 Å². The number of anilines is 2. The Bertz CT molecular complexity index is 435. The molecule has 0 bridgehead atoms. The number of nitrogens with two attached hydrogens (primary N) is 1. The number of aliphatic hydroxyl groups is 1. The summed E-state index contributed by atoms with van der Waals surface area (Å²) in [5.74, 6) is 7.88. The predicted octanol–water partition coefficient (Wildman–Crippen LogP) is 0.692. The number of hydrogen-bond donors (Lipinski definition) is 3. The summed E-state index contributed by atoms with van der Waals surface area (Å²) >= 11 is 0. The maximum atomic E-state index is 8.79. The minimum absolute atomic E-state index is 0.0814. The van der Waals surface area contributed by atoms with E-state index in [-0.39, 0.29) is 12.7 Å². The second-order valence-corrected chi connectivity index (χ2v) is 5.20. The van der Waals surface area contributed by atoms with Crippen LogP contribution < -0.4 is 16.2 Å². The molecular formula is C14H25N5O2. The number of aliphatic hydroxyl groups excluding tert-OH is 1. The number of ether oxygens (including phenoxy) is 1. The molecule has 1 aromatic rings. The summed E-state index contributed by atoms with van der Waals surface area (Å²) < 4.78 is 5.58. The smallest absolute Gasteiger partial charge is 0.145 e. The van der Waals surface area contributed by atoms with Crippen LogP contribution in [0.4, 0.5) is 11.6 Å². The van der Waals surface area contributed by atoms with Gasteiger partial charge >= 0.3 is 0 Å². The number of nitrogens with zero attached hydrogens (tertiary/aromatic N) is 3. The van der Waals surface area contributed by atoms with Crippen molar-refractivity contribution in [1.29, 1.82) is 0 Å². The number of hydrazine groups is 1. The van der Waals surface area contributed by atoms with Gasteiger partial charge in [-0.25, -0.2) is 15.8 Å². The van der Waals surface area contributed by atoms with Crippen LogP contribution in [0.15, 0.2) is 6.07 Å². The molecule has 4 N–H and O–H groups in total. The van der Waals surface area contributed by atoms with E-state index in [0.717, 1.165) is 50.4 Å². The molecule has 1 aromatic heterocycles. The molecule has 1 saturated heterocycles. The van der Waals surface area contributed by atoms with Crippen molar-refractivity contribution in [3.8, 4) is 0 Å². The van der Waals surface area contributed by atoms with Crippen molar-refractivity contribution in [2.75, 3.05) is 36.6 Å². The van der Waals surface area contributed by atoms with Crippen LogP contribution in [-0.2, 0) is 11.2 Å². The van der Waals surface area contributed by atoms with Gasteiger partial charge in [-0.15, -0.1) is 0 Å². The van der Waals surface area contributed by atoms with Gasteiger partial charge in [0.25, 0.3) is 0 Å². The van der Waals surface area contributed by atoms with Gasteiger partial charge in [0, 0.05) is 25.6 Å². The molecule has 0 radical (unpaired) electrons. The second-order valence-electron chi connectivity index (χ2n) is 5.20. The zero-order chi connectivity index (χ0) is 15.1. The molecule has 118 valence electrons. The predicted molar refractivity (Wildman–Crippen MR) is 82.1 cm³/mol. The zero-order valence-electron chi connectivity index (χ0n) is 12.6. The SMILES string of the molecule is CCCc1nc(NN)cc(N2CCC(OCCO)CC2)n1. The monoisotopic (exact) mass is 295 g/mol. The number of nitrogen functional groups attached to an aromatic ring is 1. The average Bonchev–Trinajstić information content (AvgIpc) is 2.53. The highest BCUT2D eigenvalue weighted by atomic mass is 16.5. The van der Waals surface area contributed by atoms with E-state index < -0.39 is 0 Å². The highest BCUT2D eigenvalue weighted by Crippen LogP contribution is 2.22. The molecular weight excluding hydrogens is 270 g/mol. The van der Waals surface area contributed by atoms with Crippen molar-refractivity contribution in [3.05, 3.63) is 11.9 Å². The summed E-state index contributed by atoms with van der Waals surface area (Å²) in [6.07, 6.45) is 3.97. The van der Waals surface area contributed by atoms with Crippen LogP contribution in [0.1, 0.15) is 32.0 Å². The van der Waals surface area contributed by atoms with Crippen molar-refractivity contribution < 1.29 is 9.84 Å². The van der Waals surface area contributed by atoms with E-state index in [1.807, 2.05) is 6.07 Å². The number of aromatic nitrogens is 2. The number of rotatable bonds is 7. The normalized spacial score (nSPS) is 16.2. The second kappa shape index (κ2) is 8.11. The first-order valence-corrected chi connectivity index (χ1v) is 7.58. The standard InChI is InChI=1S/C14H25N5O2/c1-2-3-12-16-13(18-15)10-14(17-12)19-6-4-11(5-7-19)21-9-8-20/h10-11,20H,2-9,15H2,1H3,(H,16,17,18). The van der Waals surface area contributed by atoms with Crippen LogP contribution in [0.2, 0.25) is 0 Å². The van der Waals surface area contributed by atoms with Crippen LogP contribution in [-0.4, -0.2) is 47.5 Å². The van der Waals surface area contributed by atoms with Crippen molar-refractivity contribution in [2.24, 2.45) is 5.84 Å². The molecule has 2 heterocycles. The fraction of sp³-hybridized carbons (Fsp3) is 0.714. The number of piperidine rings is 1. The van der Waals surface area contributed by atoms with Crippen LogP contribution in [0.25, 0.3) is 0 Å². The first kappa shape index (κ1) is 15.9. The van der Waals surface area contributed by atoms with Crippen molar-refractivity contribution in [3.63, 3.8) is 0 Å². The van der Waals surface area contributed by atoms with Crippen molar-refractivity contribution in [1.82, 2.24) is 9.97 Å². The third-order valence-electron chi connectivity index (χ3n) is 3.59. The highest BCUT2D eigenvalue weighted by molar-refractivity contribution is 5.49. The number of hydrogen-bond acceptors (Lipinski definition) is 7. The van der Waals surface area contributed by atoms with Crippen LogP contribution in [0.5, 0.6) is 0 Å². The Morgan fingerprint density at radius 3 is 2.81 bits per heavy atom. The molecule has 2 rings (SSSR count). The highest BCUT2D eigenvalue weighted by Gasteiger charge is 2.21. The molecule has 1 aliphatic heterocycles. The van der Waals surface area contributed by atoms with E-state index in [2.05, 4.69) is 27.2 Å². The van der Waals surface area contributed by atoms with E-state index >= 15 is 0 Å². The molecule has 1 fully saturated rings. The van der Waals surface area contributed by atoms with Gasteiger partial charge in [0.05, 0.1) is 19.3 Å². The lowest BCUT2D eigenvalue weighted by atomic mass is 10.1. The van der Waals surface area contributed by atoms with Gasteiger partial charge in [0.2, 0.25) is 0 Å². The van der Waals surface area contributed by atoms with Crippen LogP contribution >= 0.6 is 0 Å². The molecule has 0 saturated carbocycles. The van der Waals surface area contributed by atoms with Gasteiger partial charge < -0.3 is 20.2 Å².